The Hall–Kier alpha value is -1.91. The molecule has 0 fully saturated rings. The van der Waals surface area contributed by atoms with Crippen molar-refractivity contribution < 1.29 is 14.3 Å². The van der Waals surface area contributed by atoms with Gasteiger partial charge in [-0.2, -0.15) is 0 Å². The Morgan fingerprint density at radius 2 is 2.06 bits per heavy atom. The Labute approximate surface area is 107 Å². The van der Waals surface area contributed by atoms with Crippen molar-refractivity contribution in [2.24, 2.45) is 0 Å². The zero-order chi connectivity index (χ0) is 13.4. The Morgan fingerprint density at radius 3 is 2.61 bits per heavy atom. The highest BCUT2D eigenvalue weighted by atomic mass is 16.5. The van der Waals surface area contributed by atoms with Crippen LogP contribution < -0.4 is 5.32 Å². The average Bonchev–Trinajstić information content (AvgIpc) is 2.42. The molecule has 0 aliphatic heterocycles. The van der Waals surface area contributed by atoms with Gasteiger partial charge in [0.05, 0.1) is 7.11 Å². The highest BCUT2D eigenvalue weighted by Crippen LogP contribution is 2.02. The minimum Gasteiger partial charge on any atom is -0.467 e. The van der Waals surface area contributed by atoms with Gasteiger partial charge < -0.3 is 10.1 Å². The molecule has 0 aliphatic carbocycles. The third kappa shape index (κ3) is 4.53. The summed E-state index contributed by atoms with van der Waals surface area (Å²) in [6.07, 6.45) is 4.88. The average molecular weight is 250 g/mol. The molecule has 5 heteroatoms. The molecule has 5 nitrogen and oxygen atoms in total. The quantitative estimate of drug-likeness (QED) is 0.767. The highest BCUT2D eigenvalue weighted by Gasteiger charge is 2.18. The van der Waals surface area contributed by atoms with E-state index in [2.05, 4.69) is 15.0 Å². The fraction of sp³-hybridized carbons (Fsp3) is 0.462. The van der Waals surface area contributed by atoms with Crippen molar-refractivity contribution in [2.45, 2.75) is 32.2 Å². The lowest BCUT2D eigenvalue weighted by molar-refractivity contribution is -0.145. The second-order valence-electron chi connectivity index (χ2n) is 3.91. The summed E-state index contributed by atoms with van der Waals surface area (Å²) in [4.78, 5) is 26.9. The summed E-state index contributed by atoms with van der Waals surface area (Å²) in [6, 6.07) is 3.18. The van der Waals surface area contributed by atoms with Gasteiger partial charge in [-0.05, 0) is 30.5 Å². The summed E-state index contributed by atoms with van der Waals surface area (Å²) in [5.41, 5.74) is 1.05. The first-order valence-electron chi connectivity index (χ1n) is 5.93. The number of carbonyl (C=O) groups excluding carboxylic acids is 2. The maximum absolute atomic E-state index is 11.7. The van der Waals surface area contributed by atoms with Gasteiger partial charge in [-0.15, -0.1) is 0 Å². The number of amides is 1. The minimum atomic E-state index is -0.556. The number of esters is 1. The molecule has 0 bridgehead atoms. The van der Waals surface area contributed by atoms with Gasteiger partial charge in [0.15, 0.2) is 0 Å². The van der Waals surface area contributed by atoms with Crippen LogP contribution in [0.5, 0.6) is 0 Å². The van der Waals surface area contributed by atoms with Gasteiger partial charge in [-0.1, -0.05) is 6.92 Å². The van der Waals surface area contributed by atoms with Crippen LogP contribution in [0.25, 0.3) is 0 Å². The molecular weight excluding hydrogens is 232 g/mol. The lowest BCUT2D eigenvalue weighted by Crippen LogP contribution is -2.41. The normalized spacial score (nSPS) is 11.7. The number of nitrogens with zero attached hydrogens (tertiary/aromatic N) is 1. The van der Waals surface area contributed by atoms with Crippen molar-refractivity contribution in [1.29, 1.82) is 0 Å². The topological polar surface area (TPSA) is 68.3 Å². The van der Waals surface area contributed by atoms with E-state index in [1.165, 1.54) is 7.11 Å². The number of rotatable bonds is 6. The van der Waals surface area contributed by atoms with Crippen molar-refractivity contribution in [3.05, 3.63) is 30.1 Å². The van der Waals surface area contributed by atoms with Crippen LogP contribution in [0, 0.1) is 0 Å². The van der Waals surface area contributed by atoms with Gasteiger partial charge in [-0.25, -0.2) is 4.79 Å². The molecule has 1 N–H and O–H groups in total. The summed E-state index contributed by atoms with van der Waals surface area (Å²) < 4.78 is 4.60. The Kier molecular flexibility index (Phi) is 5.84. The van der Waals surface area contributed by atoms with Crippen molar-refractivity contribution in [3.63, 3.8) is 0 Å². The van der Waals surface area contributed by atoms with Gasteiger partial charge in [-0.3, -0.25) is 9.78 Å². The molecule has 1 aromatic heterocycles. The third-order valence-corrected chi connectivity index (χ3v) is 2.62. The van der Waals surface area contributed by atoms with E-state index in [4.69, 9.17) is 0 Å². The van der Waals surface area contributed by atoms with Gasteiger partial charge in [0.25, 0.3) is 0 Å². The Balaban J connectivity index is 2.39. The van der Waals surface area contributed by atoms with Crippen LogP contribution in [-0.2, 0) is 20.7 Å². The van der Waals surface area contributed by atoms with Gasteiger partial charge in [0.2, 0.25) is 5.91 Å². The lowest BCUT2D eigenvalue weighted by Gasteiger charge is -2.14. The molecular formula is C13H18N2O3. The van der Waals surface area contributed by atoms with Crippen LogP contribution >= 0.6 is 0 Å². The van der Waals surface area contributed by atoms with Crippen molar-refractivity contribution in [1.82, 2.24) is 10.3 Å². The second kappa shape index (κ2) is 7.42. The fourth-order valence-corrected chi connectivity index (χ4v) is 1.54. The number of hydrogen-bond acceptors (Lipinski definition) is 4. The molecule has 1 aromatic rings. The molecule has 1 atom stereocenters. The van der Waals surface area contributed by atoms with E-state index in [1.807, 2.05) is 19.1 Å². The monoisotopic (exact) mass is 250 g/mol. The smallest absolute Gasteiger partial charge is 0.328 e. The zero-order valence-corrected chi connectivity index (χ0v) is 10.7. The molecule has 1 unspecified atom stereocenters. The van der Waals surface area contributed by atoms with Crippen molar-refractivity contribution in [2.75, 3.05) is 7.11 Å². The maximum Gasteiger partial charge on any atom is 0.328 e. The van der Waals surface area contributed by atoms with E-state index in [9.17, 15) is 9.59 Å². The first-order chi connectivity index (χ1) is 8.67. The molecule has 18 heavy (non-hydrogen) atoms. The van der Waals surface area contributed by atoms with Crippen LogP contribution in [0.2, 0.25) is 0 Å². The highest BCUT2D eigenvalue weighted by molar-refractivity contribution is 5.84. The first-order valence-corrected chi connectivity index (χ1v) is 5.93. The summed E-state index contributed by atoms with van der Waals surface area (Å²) in [5.74, 6) is -0.557. The molecule has 1 amide bonds. The molecule has 0 aromatic carbocycles. The van der Waals surface area contributed by atoms with Crippen LogP contribution in [0.1, 0.15) is 25.3 Å². The second-order valence-corrected chi connectivity index (χ2v) is 3.91. The fourth-order valence-electron chi connectivity index (χ4n) is 1.54. The molecule has 0 radical (unpaired) electrons. The van der Waals surface area contributed by atoms with Crippen LogP contribution in [0.4, 0.5) is 0 Å². The number of aryl methyl sites for hydroxylation is 1. The molecule has 0 saturated heterocycles. The van der Waals surface area contributed by atoms with Crippen molar-refractivity contribution in [3.8, 4) is 0 Å². The number of ether oxygens (including phenoxy) is 1. The number of aromatic nitrogens is 1. The number of nitrogens with one attached hydrogen (secondary N) is 1. The summed E-state index contributed by atoms with van der Waals surface area (Å²) in [7, 11) is 1.31. The van der Waals surface area contributed by atoms with E-state index in [1.54, 1.807) is 12.4 Å². The van der Waals surface area contributed by atoms with E-state index in [0.717, 1.165) is 5.56 Å². The lowest BCUT2D eigenvalue weighted by atomic mass is 10.1. The zero-order valence-electron chi connectivity index (χ0n) is 10.7. The molecule has 1 heterocycles. The Bertz CT molecular complexity index is 392. The maximum atomic E-state index is 11.7. The van der Waals surface area contributed by atoms with Crippen LogP contribution in [0.3, 0.4) is 0 Å². The van der Waals surface area contributed by atoms with Crippen molar-refractivity contribution >= 4 is 11.9 Å². The van der Waals surface area contributed by atoms with E-state index >= 15 is 0 Å². The molecule has 0 saturated carbocycles. The standard InChI is InChI=1S/C13H18N2O3/c1-3-11(13(17)18-2)15-12(16)5-4-10-6-8-14-9-7-10/h6-9,11H,3-5H2,1-2H3,(H,15,16). The molecule has 0 spiro atoms. The Morgan fingerprint density at radius 1 is 1.39 bits per heavy atom. The number of hydrogen-bond donors (Lipinski definition) is 1. The van der Waals surface area contributed by atoms with Gasteiger partial charge in [0, 0.05) is 18.8 Å². The van der Waals surface area contributed by atoms with Gasteiger partial charge >= 0.3 is 5.97 Å². The largest absolute Gasteiger partial charge is 0.467 e. The summed E-state index contributed by atoms with van der Waals surface area (Å²) in [6.45, 7) is 1.82. The summed E-state index contributed by atoms with van der Waals surface area (Å²) in [5, 5.41) is 2.66. The number of carbonyl (C=O) groups is 2. The predicted molar refractivity (Wildman–Crippen MR) is 66.8 cm³/mol. The summed E-state index contributed by atoms with van der Waals surface area (Å²) >= 11 is 0. The van der Waals surface area contributed by atoms with Crippen LogP contribution in [-0.4, -0.2) is 30.0 Å². The predicted octanol–water partition coefficient (Wildman–Crippen LogP) is 1.08. The number of methoxy groups -OCH3 is 1. The molecule has 98 valence electrons. The number of pyridine rings is 1. The van der Waals surface area contributed by atoms with E-state index in [-0.39, 0.29) is 5.91 Å². The van der Waals surface area contributed by atoms with E-state index < -0.39 is 12.0 Å². The van der Waals surface area contributed by atoms with E-state index in [0.29, 0.717) is 19.3 Å². The molecule has 0 aliphatic rings. The minimum absolute atomic E-state index is 0.149. The van der Waals surface area contributed by atoms with Gasteiger partial charge in [0.1, 0.15) is 6.04 Å². The van der Waals surface area contributed by atoms with Crippen LogP contribution in [0.15, 0.2) is 24.5 Å². The third-order valence-electron chi connectivity index (χ3n) is 2.62. The SMILES string of the molecule is CCC(NC(=O)CCc1ccncc1)C(=O)OC. The molecule has 1 rings (SSSR count). The first kappa shape index (κ1) is 14.2.